The van der Waals surface area contributed by atoms with Crippen LogP contribution in [0.2, 0.25) is 0 Å². The van der Waals surface area contributed by atoms with Crippen molar-refractivity contribution in [2.45, 2.75) is 90.9 Å². The zero-order valence-corrected chi connectivity index (χ0v) is 23.4. The molecular formula is C33H46O5. The van der Waals surface area contributed by atoms with E-state index in [-0.39, 0.29) is 5.97 Å². The van der Waals surface area contributed by atoms with Gasteiger partial charge in [0.25, 0.3) is 0 Å². The third-order valence-corrected chi connectivity index (χ3v) is 6.86. The van der Waals surface area contributed by atoms with Gasteiger partial charge in [-0.3, -0.25) is 4.89 Å². The number of unbranched alkanes of at least 4 members (excludes halogenated alkanes) is 9. The third kappa shape index (κ3) is 12.6. The first-order valence-corrected chi connectivity index (χ1v) is 14.4. The predicted molar refractivity (Wildman–Crippen MR) is 154 cm³/mol. The molecule has 2 rings (SSSR count). The highest BCUT2D eigenvalue weighted by Crippen LogP contribution is 2.28. The Morgan fingerprint density at radius 1 is 0.842 bits per heavy atom. The van der Waals surface area contributed by atoms with Gasteiger partial charge < -0.3 is 4.74 Å². The molecule has 38 heavy (non-hydrogen) atoms. The van der Waals surface area contributed by atoms with E-state index in [1.165, 1.54) is 38.2 Å². The summed E-state index contributed by atoms with van der Waals surface area (Å²) in [4.78, 5) is 33.9. The Hall–Kier alpha value is -2.92. The molecule has 0 aromatic heterocycles. The van der Waals surface area contributed by atoms with Gasteiger partial charge in [0.1, 0.15) is 0 Å². The number of ether oxygens (including phenoxy) is 1. The van der Waals surface area contributed by atoms with Gasteiger partial charge in [0.15, 0.2) is 0 Å². The van der Waals surface area contributed by atoms with Crippen LogP contribution in [0, 0.1) is 5.92 Å². The maximum absolute atomic E-state index is 12.6. The molecule has 1 atom stereocenters. The molecule has 0 heterocycles. The van der Waals surface area contributed by atoms with Crippen LogP contribution in [0.1, 0.15) is 100 Å². The highest BCUT2D eigenvalue weighted by molar-refractivity contribution is 5.90. The number of hydrogen-bond acceptors (Lipinski definition) is 5. The van der Waals surface area contributed by atoms with Crippen LogP contribution in [0.15, 0.2) is 61.2 Å². The minimum Gasteiger partial charge on any atom is -0.463 e. The summed E-state index contributed by atoms with van der Waals surface area (Å²) in [6.45, 7) is 8.72. The van der Waals surface area contributed by atoms with Gasteiger partial charge in [0, 0.05) is 6.08 Å². The van der Waals surface area contributed by atoms with Crippen LogP contribution in [0.25, 0.3) is 11.1 Å². The Labute approximate surface area is 229 Å². The van der Waals surface area contributed by atoms with Gasteiger partial charge in [-0.2, -0.15) is 4.89 Å². The first-order chi connectivity index (χ1) is 18.5. The van der Waals surface area contributed by atoms with Crippen LogP contribution in [0.4, 0.5) is 0 Å². The number of carbonyl (C=O) groups is 2. The fourth-order valence-corrected chi connectivity index (χ4v) is 4.36. The fraction of sp³-hybridized carbons (Fsp3) is 0.515. The molecule has 0 bridgehead atoms. The normalized spacial score (nSPS) is 11.6. The second kappa shape index (κ2) is 19.2. The predicted octanol–water partition coefficient (Wildman–Crippen LogP) is 8.66. The van der Waals surface area contributed by atoms with Crippen molar-refractivity contribution in [1.29, 1.82) is 0 Å². The van der Waals surface area contributed by atoms with Crippen LogP contribution >= 0.6 is 0 Å². The zero-order chi connectivity index (χ0) is 27.4. The summed E-state index contributed by atoms with van der Waals surface area (Å²) in [6.07, 6.45) is 14.4. The molecule has 0 saturated carbocycles. The maximum Gasteiger partial charge on any atom is 0.373 e. The number of rotatable bonds is 20. The van der Waals surface area contributed by atoms with Crippen molar-refractivity contribution < 1.29 is 24.1 Å². The van der Waals surface area contributed by atoms with E-state index in [1.54, 1.807) is 0 Å². The molecular weight excluding hydrogens is 476 g/mol. The molecule has 0 aliphatic rings. The van der Waals surface area contributed by atoms with E-state index in [0.717, 1.165) is 61.6 Å². The van der Waals surface area contributed by atoms with E-state index in [9.17, 15) is 9.59 Å². The zero-order valence-electron chi connectivity index (χ0n) is 23.4. The van der Waals surface area contributed by atoms with Crippen molar-refractivity contribution in [2.75, 3.05) is 13.2 Å². The number of esters is 1. The Bertz CT molecular complexity index is 953. The lowest BCUT2D eigenvalue weighted by Crippen LogP contribution is -2.09. The average molecular weight is 523 g/mol. The number of benzene rings is 2. The van der Waals surface area contributed by atoms with Gasteiger partial charge in [-0.25, -0.2) is 9.59 Å². The molecule has 0 aliphatic heterocycles. The minimum atomic E-state index is -0.436. The van der Waals surface area contributed by atoms with Crippen LogP contribution < -0.4 is 0 Å². The van der Waals surface area contributed by atoms with E-state index in [1.807, 2.05) is 36.4 Å². The molecule has 0 saturated heterocycles. The van der Waals surface area contributed by atoms with Crippen molar-refractivity contribution in [3.05, 3.63) is 72.3 Å². The first kappa shape index (κ1) is 31.3. The monoisotopic (exact) mass is 522 g/mol. The molecule has 5 nitrogen and oxygen atoms in total. The van der Waals surface area contributed by atoms with Crippen molar-refractivity contribution in [3.63, 3.8) is 0 Å². The molecule has 0 N–H and O–H groups in total. The molecule has 0 fully saturated rings. The highest BCUT2D eigenvalue weighted by Gasteiger charge is 2.14. The van der Waals surface area contributed by atoms with Gasteiger partial charge in [-0.1, -0.05) is 115 Å². The summed E-state index contributed by atoms with van der Waals surface area (Å²) in [7, 11) is 0. The van der Waals surface area contributed by atoms with Crippen molar-refractivity contribution in [1.82, 2.24) is 0 Å². The lowest BCUT2D eigenvalue weighted by molar-refractivity contribution is -0.241. The van der Waals surface area contributed by atoms with E-state index in [0.29, 0.717) is 24.7 Å². The highest BCUT2D eigenvalue weighted by atomic mass is 17.2. The van der Waals surface area contributed by atoms with Gasteiger partial charge in [-0.05, 0) is 54.0 Å². The van der Waals surface area contributed by atoms with Crippen LogP contribution in [-0.2, 0) is 25.7 Å². The minimum absolute atomic E-state index is 0.339. The lowest BCUT2D eigenvalue weighted by atomic mass is 9.90. The Morgan fingerprint density at radius 3 is 2.05 bits per heavy atom. The molecule has 5 heteroatoms. The van der Waals surface area contributed by atoms with E-state index >= 15 is 0 Å². The van der Waals surface area contributed by atoms with Crippen LogP contribution in [-0.4, -0.2) is 25.2 Å². The first-order valence-electron chi connectivity index (χ1n) is 14.4. The lowest BCUT2D eigenvalue weighted by Gasteiger charge is -2.15. The van der Waals surface area contributed by atoms with Crippen molar-refractivity contribution in [2.24, 2.45) is 5.92 Å². The standard InChI is InChI=1S/C33H46O5/c1-4-27(3)25-30-26-29(21-22-31(30)28-19-15-14-16-20-28)33(35)38-37-24-18-13-11-9-7-6-8-10-12-17-23-36-32(34)5-2/h5,14-16,19-22,26-27H,2,4,6-13,17-18,23-25H2,1,3H3. The van der Waals surface area contributed by atoms with Gasteiger partial charge >= 0.3 is 11.9 Å². The molecule has 0 aliphatic carbocycles. The third-order valence-electron chi connectivity index (χ3n) is 6.86. The molecule has 0 amide bonds. The fourth-order valence-electron chi connectivity index (χ4n) is 4.36. The van der Waals surface area contributed by atoms with E-state index in [4.69, 9.17) is 14.5 Å². The summed E-state index contributed by atoms with van der Waals surface area (Å²) in [5.41, 5.74) is 4.01. The van der Waals surface area contributed by atoms with Crippen molar-refractivity contribution >= 4 is 11.9 Å². The van der Waals surface area contributed by atoms with Crippen LogP contribution in [0.5, 0.6) is 0 Å². The molecule has 0 spiro atoms. The number of carbonyl (C=O) groups excluding carboxylic acids is 2. The van der Waals surface area contributed by atoms with Gasteiger partial charge in [0.2, 0.25) is 0 Å². The molecule has 2 aromatic rings. The Balaban J connectivity index is 1.59. The quantitative estimate of drug-likeness (QED) is 0.0572. The largest absolute Gasteiger partial charge is 0.463 e. The van der Waals surface area contributed by atoms with Crippen molar-refractivity contribution in [3.8, 4) is 11.1 Å². The van der Waals surface area contributed by atoms with Gasteiger partial charge in [0.05, 0.1) is 18.8 Å². The average Bonchev–Trinajstić information content (AvgIpc) is 2.95. The molecule has 1 unspecified atom stereocenters. The van der Waals surface area contributed by atoms with E-state index < -0.39 is 5.97 Å². The Morgan fingerprint density at radius 2 is 1.45 bits per heavy atom. The molecule has 208 valence electrons. The molecule has 0 radical (unpaired) electrons. The summed E-state index contributed by atoms with van der Waals surface area (Å²) in [5.74, 6) is -0.247. The van der Waals surface area contributed by atoms with Gasteiger partial charge in [-0.15, -0.1) is 0 Å². The van der Waals surface area contributed by atoms with E-state index in [2.05, 4.69) is 32.6 Å². The second-order valence-electron chi connectivity index (χ2n) is 10.1. The summed E-state index contributed by atoms with van der Waals surface area (Å²) < 4.78 is 4.97. The summed E-state index contributed by atoms with van der Waals surface area (Å²) in [5, 5.41) is 0. The maximum atomic E-state index is 12.6. The summed E-state index contributed by atoms with van der Waals surface area (Å²) >= 11 is 0. The topological polar surface area (TPSA) is 61.8 Å². The summed E-state index contributed by atoms with van der Waals surface area (Å²) in [6, 6.07) is 16.1. The van der Waals surface area contributed by atoms with Crippen LogP contribution in [0.3, 0.4) is 0 Å². The number of hydrogen-bond donors (Lipinski definition) is 0. The smallest absolute Gasteiger partial charge is 0.373 e. The molecule has 2 aromatic carbocycles. The second-order valence-corrected chi connectivity index (χ2v) is 10.1. The SMILES string of the molecule is C=CC(=O)OCCCCCCCCCCCCOOC(=O)c1ccc(-c2ccccc2)c(CC(C)CC)c1. The Kier molecular flexibility index (Phi) is 15.8.